The zero-order chi connectivity index (χ0) is 9.84. The quantitative estimate of drug-likeness (QED) is 0.611. The number of hydrogen-bond acceptors (Lipinski definition) is 1. The summed E-state index contributed by atoms with van der Waals surface area (Å²) in [5.74, 6) is 0.874. The summed E-state index contributed by atoms with van der Waals surface area (Å²) >= 11 is 0. The molecule has 1 nitrogen and oxygen atoms in total. The third-order valence-electron chi connectivity index (χ3n) is 3.22. The molecule has 0 radical (unpaired) electrons. The summed E-state index contributed by atoms with van der Waals surface area (Å²) in [5.41, 5.74) is 0. The molecule has 1 saturated carbocycles. The van der Waals surface area contributed by atoms with Gasteiger partial charge < -0.3 is 4.90 Å². The highest BCUT2D eigenvalue weighted by molar-refractivity contribution is 4.85. The third-order valence-corrected chi connectivity index (χ3v) is 3.22. The molecule has 1 unspecified atom stereocenters. The topological polar surface area (TPSA) is 3.24 Å². The molecule has 1 rings (SSSR count). The van der Waals surface area contributed by atoms with Crippen molar-refractivity contribution in [3.05, 3.63) is 0 Å². The predicted molar refractivity (Wildman–Crippen MR) is 58.9 cm³/mol. The van der Waals surface area contributed by atoms with E-state index < -0.39 is 0 Å². The predicted octanol–water partition coefficient (Wildman–Crippen LogP) is 3.30. The summed E-state index contributed by atoms with van der Waals surface area (Å²) in [6, 6.07) is 1.72. The first-order valence-electron chi connectivity index (χ1n) is 5.83. The molecular formula is C12H25N. The molecule has 13 heavy (non-hydrogen) atoms. The van der Waals surface area contributed by atoms with Crippen molar-refractivity contribution < 1.29 is 0 Å². The lowest BCUT2D eigenvalue weighted by molar-refractivity contribution is 0.230. The van der Waals surface area contributed by atoms with Crippen molar-refractivity contribution in [2.24, 2.45) is 5.92 Å². The highest BCUT2D eigenvalue weighted by Crippen LogP contribution is 2.28. The van der Waals surface area contributed by atoms with E-state index in [1.807, 2.05) is 0 Å². The van der Waals surface area contributed by atoms with Crippen molar-refractivity contribution in [1.82, 2.24) is 4.90 Å². The van der Waals surface area contributed by atoms with Crippen molar-refractivity contribution in [3.8, 4) is 0 Å². The molecule has 0 aromatic heterocycles. The van der Waals surface area contributed by atoms with E-state index in [1.165, 1.54) is 32.1 Å². The Morgan fingerprint density at radius 1 is 1.15 bits per heavy atom. The van der Waals surface area contributed by atoms with E-state index in [4.69, 9.17) is 0 Å². The lowest BCUT2D eigenvalue weighted by atomic mass is 10.0. The smallest absolute Gasteiger partial charge is 0.00961 e. The van der Waals surface area contributed by atoms with Crippen LogP contribution in [0.2, 0.25) is 0 Å². The minimum absolute atomic E-state index is 0.797. The van der Waals surface area contributed by atoms with Crippen LogP contribution in [-0.2, 0) is 0 Å². The number of rotatable bonds is 6. The third kappa shape index (κ3) is 4.12. The Balaban J connectivity index is 2.05. The highest BCUT2D eigenvalue weighted by atomic mass is 15.2. The molecule has 0 bridgehead atoms. The Bertz CT molecular complexity index is 138. The minimum Gasteiger partial charge on any atom is -0.301 e. The maximum atomic E-state index is 2.57. The SMILES string of the molecule is CC(C)CCCC(C)N(C)C1CC1. The van der Waals surface area contributed by atoms with Crippen LogP contribution in [0.1, 0.15) is 52.9 Å². The Kier molecular flexibility index (Phi) is 4.24. The average Bonchev–Trinajstić information content (AvgIpc) is 2.84. The Morgan fingerprint density at radius 3 is 2.23 bits per heavy atom. The van der Waals surface area contributed by atoms with Gasteiger partial charge in [-0.1, -0.05) is 26.7 Å². The Morgan fingerprint density at radius 2 is 1.77 bits per heavy atom. The fourth-order valence-electron chi connectivity index (χ4n) is 1.87. The van der Waals surface area contributed by atoms with Gasteiger partial charge in [-0.3, -0.25) is 0 Å². The van der Waals surface area contributed by atoms with Gasteiger partial charge in [0, 0.05) is 12.1 Å². The van der Waals surface area contributed by atoms with Crippen molar-refractivity contribution in [2.45, 2.75) is 65.0 Å². The van der Waals surface area contributed by atoms with Crippen LogP contribution < -0.4 is 0 Å². The fourth-order valence-corrected chi connectivity index (χ4v) is 1.87. The van der Waals surface area contributed by atoms with Gasteiger partial charge in [0.1, 0.15) is 0 Å². The molecule has 1 atom stereocenters. The standard InChI is InChI=1S/C12H25N/c1-10(2)6-5-7-11(3)13(4)12-8-9-12/h10-12H,5-9H2,1-4H3. The molecule has 0 aromatic rings. The van der Waals surface area contributed by atoms with Gasteiger partial charge in [-0.2, -0.15) is 0 Å². The zero-order valence-electron chi connectivity index (χ0n) is 9.71. The summed E-state index contributed by atoms with van der Waals surface area (Å²) in [4.78, 5) is 2.57. The van der Waals surface area contributed by atoms with Crippen molar-refractivity contribution in [1.29, 1.82) is 0 Å². The van der Waals surface area contributed by atoms with Gasteiger partial charge in [-0.05, 0) is 39.2 Å². The molecule has 0 aliphatic heterocycles. The summed E-state index contributed by atoms with van der Waals surface area (Å²) in [5, 5.41) is 0. The lowest BCUT2D eigenvalue weighted by Gasteiger charge is -2.24. The minimum atomic E-state index is 0.797. The molecular weight excluding hydrogens is 158 g/mol. The number of nitrogens with zero attached hydrogens (tertiary/aromatic N) is 1. The van der Waals surface area contributed by atoms with Gasteiger partial charge in [0.05, 0.1) is 0 Å². The van der Waals surface area contributed by atoms with Gasteiger partial charge in [-0.25, -0.2) is 0 Å². The van der Waals surface area contributed by atoms with Crippen LogP contribution in [0, 0.1) is 5.92 Å². The average molecular weight is 183 g/mol. The van der Waals surface area contributed by atoms with Crippen LogP contribution in [0.15, 0.2) is 0 Å². The summed E-state index contributed by atoms with van der Waals surface area (Å²) in [6.07, 6.45) is 7.04. The molecule has 1 aliphatic carbocycles. The number of hydrogen-bond donors (Lipinski definition) is 0. The van der Waals surface area contributed by atoms with Crippen molar-refractivity contribution in [3.63, 3.8) is 0 Å². The molecule has 0 amide bonds. The van der Waals surface area contributed by atoms with Crippen LogP contribution in [-0.4, -0.2) is 24.0 Å². The molecule has 78 valence electrons. The second-order valence-electron chi connectivity index (χ2n) is 5.07. The second kappa shape index (κ2) is 4.99. The van der Waals surface area contributed by atoms with E-state index in [1.54, 1.807) is 0 Å². The van der Waals surface area contributed by atoms with E-state index in [9.17, 15) is 0 Å². The summed E-state index contributed by atoms with van der Waals surface area (Å²) in [6.45, 7) is 7.00. The van der Waals surface area contributed by atoms with Gasteiger partial charge >= 0.3 is 0 Å². The van der Waals surface area contributed by atoms with Gasteiger partial charge in [0.2, 0.25) is 0 Å². The van der Waals surface area contributed by atoms with Crippen LogP contribution in [0.25, 0.3) is 0 Å². The molecule has 1 heteroatoms. The molecule has 1 fully saturated rings. The maximum Gasteiger partial charge on any atom is 0.00961 e. The first kappa shape index (κ1) is 11.0. The Labute approximate surface area is 83.5 Å². The first-order chi connectivity index (χ1) is 6.11. The summed E-state index contributed by atoms with van der Waals surface area (Å²) in [7, 11) is 2.29. The second-order valence-corrected chi connectivity index (χ2v) is 5.07. The van der Waals surface area contributed by atoms with Crippen LogP contribution in [0.5, 0.6) is 0 Å². The van der Waals surface area contributed by atoms with Crippen molar-refractivity contribution in [2.75, 3.05) is 7.05 Å². The van der Waals surface area contributed by atoms with Crippen LogP contribution >= 0.6 is 0 Å². The fraction of sp³-hybridized carbons (Fsp3) is 1.00. The normalized spacial score (nSPS) is 19.8. The molecule has 0 N–H and O–H groups in total. The van der Waals surface area contributed by atoms with Gasteiger partial charge in [-0.15, -0.1) is 0 Å². The lowest BCUT2D eigenvalue weighted by Crippen LogP contribution is -2.30. The van der Waals surface area contributed by atoms with Crippen LogP contribution in [0.4, 0.5) is 0 Å². The maximum absolute atomic E-state index is 2.57. The largest absolute Gasteiger partial charge is 0.301 e. The van der Waals surface area contributed by atoms with Crippen molar-refractivity contribution >= 4 is 0 Å². The van der Waals surface area contributed by atoms with Crippen LogP contribution in [0.3, 0.4) is 0 Å². The van der Waals surface area contributed by atoms with Gasteiger partial charge in [0.25, 0.3) is 0 Å². The highest BCUT2D eigenvalue weighted by Gasteiger charge is 2.28. The van der Waals surface area contributed by atoms with E-state index >= 15 is 0 Å². The van der Waals surface area contributed by atoms with E-state index in [-0.39, 0.29) is 0 Å². The summed E-state index contributed by atoms with van der Waals surface area (Å²) < 4.78 is 0. The van der Waals surface area contributed by atoms with E-state index in [0.717, 1.165) is 18.0 Å². The molecule has 0 saturated heterocycles. The zero-order valence-corrected chi connectivity index (χ0v) is 9.71. The van der Waals surface area contributed by atoms with E-state index in [0.29, 0.717) is 0 Å². The Hall–Kier alpha value is -0.0400. The molecule has 0 heterocycles. The van der Waals surface area contributed by atoms with Gasteiger partial charge in [0.15, 0.2) is 0 Å². The monoisotopic (exact) mass is 183 g/mol. The molecule has 0 spiro atoms. The first-order valence-corrected chi connectivity index (χ1v) is 5.83. The molecule has 1 aliphatic rings. The molecule has 0 aromatic carbocycles. The van der Waals surface area contributed by atoms with E-state index in [2.05, 4.69) is 32.7 Å².